The van der Waals surface area contributed by atoms with Gasteiger partial charge in [0.1, 0.15) is 0 Å². The first-order valence-corrected chi connectivity index (χ1v) is 5.34. The Balaban J connectivity index is 4.26. The van der Waals surface area contributed by atoms with Crippen molar-refractivity contribution in [1.82, 2.24) is 0 Å². The van der Waals surface area contributed by atoms with Gasteiger partial charge in [0, 0.05) is 11.5 Å². The molecule has 1 unspecified atom stereocenters. The Kier molecular flexibility index (Phi) is 3.92. The van der Waals surface area contributed by atoms with E-state index >= 15 is 0 Å². The van der Waals surface area contributed by atoms with Gasteiger partial charge in [-0.2, -0.15) is 0 Å². The van der Waals surface area contributed by atoms with Crippen molar-refractivity contribution in [3.05, 3.63) is 11.4 Å². The summed E-state index contributed by atoms with van der Waals surface area (Å²) in [4.78, 5) is 9.27. The van der Waals surface area contributed by atoms with Crippen LogP contribution in [0.3, 0.4) is 0 Å². The first-order chi connectivity index (χ1) is 4.54. The van der Waals surface area contributed by atoms with Gasteiger partial charge < -0.3 is 4.89 Å². The molecule has 0 aliphatic carbocycles. The van der Waals surface area contributed by atoms with Crippen molar-refractivity contribution >= 4 is 7.37 Å². The second-order valence-electron chi connectivity index (χ2n) is 2.36. The van der Waals surface area contributed by atoms with Gasteiger partial charge in [-0.15, -0.1) is 0 Å². The zero-order valence-corrected chi connectivity index (χ0v) is 7.69. The fraction of sp³-hybridized carbons (Fsp3) is 0.714. The van der Waals surface area contributed by atoms with Crippen molar-refractivity contribution in [3.63, 3.8) is 0 Å². The molecule has 0 spiro atoms. The molecule has 0 aromatic rings. The van der Waals surface area contributed by atoms with Crippen molar-refractivity contribution in [3.8, 4) is 0 Å². The fourth-order valence-corrected chi connectivity index (χ4v) is 2.04. The normalized spacial score (nSPS) is 18.6. The summed E-state index contributed by atoms with van der Waals surface area (Å²) in [5.74, 6) is 0. The molecule has 0 rings (SSSR count). The van der Waals surface area contributed by atoms with Gasteiger partial charge in [-0.25, -0.2) is 0 Å². The van der Waals surface area contributed by atoms with Crippen LogP contribution in [0.2, 0.25) is 0 Å². The summed E-state index contributed by atoms with van der Waals surface area (Å²) in [5.41, 5.74) is 0. The van der Waals surface area contributed by atoms with Crippen molar-refractivity contribution in [2.75, 3.05) is 6.16 Å². The largest absolute Gasteiger partial charge is 0.341 e. The zero-order chi connectivity index (χ0) is 8.20. The lowest BCUT2D eigenvalue weighted by molar-refractivity contribution is 0.484. The van der Waals surface area contributed by atoms with E-state index < -0.39 is 7.37 Å². The molecule has 0 fully saturated rings. The predicted octanol–water partition coefficient (Wildman–Crippen LogP) is 2.59. The molecule has 0 aliphatic heterocycles. The van der Waals surface area contributed by atoms with Crippen molar-refractivity contribution in [2.45, 2.75) is 27.2 Å². The molecule has 1 N–H and O–H groups in total. The van der Waals surface area contributed by atoms with Gasteiger partial charge >= 0.3 is 0 Å². The van der Waals surface area contributed by atoms with Gasteiger partial charge in [-0.05, 0) is 20.3 Å². The lowest BCUT2D eigenvalue weighted by Gasteiger charge is -2.09. The summed E-state index contributed by atoms with van der Waals surface area (Å²) in [5, 5.41) is 0.620. The SMILES string of the molecule is CC=C(C)P(=O)(O)CCC. The minimum atomic E-state index is -2.92. The molecule has 2 nitrogen and oxygen atoms in total. The number of hydrogen-bond acceptors (Lipinski definition) is 1. The van der Waals surface area contributed by atoms with Crippen LogP contribution in [0.1, 0.15) is 27.2 Å². The van der Waals surface area contributed by atoms with Crippen LogP contribution in [0.25, 0.3) is 0 Å². The van der Waals surface area contributed by atoms with E-state index in [0.717, 1.165) is 6.42 Å². The highest BCUT2D eigenvalue weighted by molar-refractivity contribution is 7.62. The summed E-state index contributed by atoms with van der Waals surface area (Å²) in [6, 6.07) is 0. The van der Waals surface area contributed by atoms with Crippen LogP contribution < -0.4 is 0 Å². The highest BCUT2D eigenvalue weighted by Crippen LogP contribution is 2.49. The Bertz CT molecular complexity index is 172. The molecule has 0 saturated carbocycles. The first kappa shape index (κ1) is 9.93. The number of rotatable bonds is 3. The Hall–Kier alpha value is -0.0700. The van der Waals surface area contributed by atoms with Crippen molar-refractivity contribution in [2.24, 2.45) is 0 Å². The second-order valence-corrected chi connectivity index (χ2v) is 4.91. The first-order valence-electron chi connectivity index (χ1n) is 3.50. The van der Waals surface area contributed by atoms with Gasteiger partial charge in [-0.1, -0.05) is 13.0 Å². The second kappa shape index (κ2) is 3.95. The molecule has 3 heteroatoms. The van der Waals surface area contributed by atoms with E-state index in [-0.39, 0.29) is 0 Å². The van der Waals surface area contributed by atoms with E-state index in [9.17, 15) is 9.46 Å². The van der Waals surface area contributed by atoms with Crippen LogP contribution in [0.4, 0.5) is 0 Å². The molecule has 0 heterocycles. The van der Waals surface area contributed by atoms with Crippen LogP contribution >= 0.6 is 7.37 Å². The zero-order valence-electron chi connectivity index (χ0n) is 6.79. The molecule has 60 valence electrons. The summed E-state index contributed by atoms with van der Waals surface area (Å²) in [6.45, 7) is 5.40. The molecule has 0 aromatic heterocycles. The van der Waals surface area contributed by atoms with E-state index in [1.807, 2.05) is 6.92 Å². The third kappa shape index (κ3) is 2.68. The highest BCUT2D eigenvalue weighted by atomic mass is 31.2. The summed E-state index contributed by atoms with van der Waals surface area (Å²) in [6.07, 6.45) is 2.87. The predicted molar refractivity (Wildman–Crippen MR) is 44.4 cm³/mol. The van der Waals surface area contributed by atoms with E-state index in [4.69, 9.17) is 0 Å². The molecular formula is C7H15O2P. The molecule has 0 radical (unpaired) electrons. The quantitative estimate of drug-likeness (QED) is 0.647. The maximum Gasteiger partial charge on any atom is 0.225 e. The van der Waals surface area contributed by atoms with Crippen molar-refractivity contribution in [1.29, 1.82) is 0 Å². The summed E-state index contributed by atoms with van der Waals surface area (Å²) in [7, 11) is -2.92. The molecule has 0 aromatic carbocycles. The molecule has 10 heavy (non-hydrogen) atoms. The van der Waals surface area contributed by atoms with Crippen LogP contribution in [0.5, 0.6) is 0 Å². The monoisotopic (exact) mass is 162 g/mol. The summed E-state index contributed by atoms with van der Waals surface area (Å²) >= 11 is 0. The van der Waals surface area contributed by atoms with Crippen LogP contribution in [0, 0.1) is 0 Å². The summed E-state index contributed by atoms with van der Waals surface area (Å²) < 4.78 is 11.2. The fourth-order valence-electron chi connectivity index (χ4n) is 0.681. The third-order valence-corrected chi connectivity index (χ3v) is 3.91. The van der Waals surface area contributed by atoms with Gasteiger partial charge in [0.25, 0.3) is 0 Å². The number of hydrogen-bond donors (Lipinski definition) is 1. The molecule has 0 bridgehead atoms. The van der Waals surface area contributed by atoms with Crippen molar-refractivity contribution < 1.29 is 9.46 Å². The Morgan fingerprint density at radius 1 is 1.70 bits per heavy atom. The van der Waals surface area contributed by atoms with Gasteiger partial charge in [0.2, 0.25) is 7.37 Å². The molecule has 0 amide bonds. The van der Waals surface area contributed by atoms with Gasteiger partial charge in [0.15, 0.2) is 0 Å². The molecular weight excluding hydrogens is 147 g/mol. The molecule has 0 saturated heterocycles. The topological polar surface area (TPSA) is 37.3 Å². The highest BCUT2D eigenvalue weighted by Gasteiger charge is 2.17. The lowest BCUT2D eigenvalue weighted by atomic mass is 10.6. The van der Waals surface area contributed by atoms with Gasteiger partial charge in [0.05, 0.1) is 0 Å². The minimum Gasteiger partial charge on any atom is -0.341 e. The van der Waals surface area contributed by atoms with E-state index in [1.54, 1.807) is 19.9 Å². The minimum absolute atomic E-state index is 0.406. The van der Waals surface area contributed by atoms with E-state index in [2.05, 4.69) is 0 Å². The average molecular weight is 162 g/mol. The smallest absolute Gasteiger partial charge is 0.225 e. The van der Waals surface area contributed by atoms with Gasteiger partial charge in [-0.3, -0.25) is 4.57 Å². The molecule has 1 atom stereocenters. The van der Waals surface area contributed by atoms with Crippen LogP contribution in [-0.4, -0.2) is 11.1 Å². The molecule has 0 aliphatic rings. The lowest BCUT2D eigenvalue weighted by Crippen LogP contribution is -1.87. The Morgan fingerprint density at radius 3 is 2.50 bits per heavy atom. The third-order valence-electron chi connectivity index (χ3n) is 1.50. The van der Waals surface area contributed by atoms with Crippen LogP contribution in [-0.2, 0) is 4.57 Å². The maximum atomic E-state index is 11.2. The Morgan fingerprint density at radius 2 is 2.20 bits per heavy atom. The maximum absolute atomic E-state index is 11.2. The Labute approximate surface area is 62.4 Å². The van der Waals surface area contributed by atoms with E-state index in [1.165, 1.54) is 0 Å². The van der Waals surface area contributed by atoms with Crippen LogP contribution in [0.15, 0.2) is 11.4 Å². The standard InChI is InChI=1S/C7H15O2P/c1-4-6-10(8,9)7(3)5-2/h5H,4,6H2,1-3H3,(H,8,9). The number of allylic oxidation sites excluding steroid dienone is 2. The van der Waals surface area contributed by atoms with E-state index in [0.29, 0.717) is 11.5 Å². The average Bonchev–Trinajstić information content (AvgIpc) is 1.86.